The molecule has 1 aromatic carbocycles. The van der Waals surface area contributed by atoms with Crippen molar-refractivity contribution in [2.75, 3.05) is 18.9 Å². The number of halogens is 1. The quantitative estimate of drug-likeness (QED) is 0.765. The van der Waals surface area contributed by atoms with Gasteiger partial charge in [-0.25, -0.2) is 0 Å². The summed E-state index contributed by atoms with van der Waals surface area (Å²) in [5, 5.41) is 6.42. The highest BCUT2D eigenvalue weighted by molar-refractivity contribution is 6.31. The minimum Gasteiger partial charge on any atom is -0.325 e. The van der Waals surface area contributed by atoms with Crippen LogP contribution in [0.15, 0.2) is 47.4 Å². The van der Waals surface area contributed by atoms with Gasteiger partial charge in [-0.05, 0) is 37.7 Å². The standard InChI is InChI=1S/C17H20ClN3O2/c1-19-10-4-7-16(22)20-14-8-9-17(23)21(12-14)11-13-5-2-3-6-15(13)18/h2-3,5-6,8-9,12,19H,4,7,10-11H2,1H3,(H,20,22). The van der Waals surface area contributed by atoms with Gasteiger partial charge in [0.2, 0.25) is 5.91 Å². The monoisotopic (exact) mass is 333 g/mol. The number of hydrogen-bond acceptors (Lipinski definition) is 3. The van der Waals surface area contributed by atoms with E-state index in [4.69, 9.17) is 11.6 Å². The minimum absolute atomic E-state index is 0.0665. The molecule has 2 N–H and O–H groups in total. The van der Waals surface area contributed by atoms with Crippen molar-refractivity contribution in [1.82, 2.24) is 9.88 Å². The molecule has 5 nitrogen and oxygen atoms in total. The third-order valence-corrected chi connectivity index (χ3v) is 3.77. The summed E-state index contributed by atoms with van der Waals surface area (Å²) in [6, 6.07) is 10.4. The SMILES string of the molecule is CNCCCC(=O)Nc1ccc(=O)n(Cc2ccccc2Cl)c1. The zero-order valence-electron chi connectivity index (χ0n) is 13.0. The van der Waals surface area contributed by atoms with Crippen molar-refractivity contribution in [2.24, 2.45) is 0 Å². The molecule has 2 aromatic rings. The molecule has 1 amide bonds. The average Bonchev–Trinajstić information content (AvgIpc) is 2.53. The zero-order chi connectivity index (χ0) is 16.7. The number of hydrogen-bond donors (Lipinski definition) is 2. The summed E-state index contributed by atoms with van der Waals surface area (Å²) in [5.41, 5.74) is 1.32. The van der Waals surface area contributed by atoms with E-state index < -0.39 is 0 Å². The van der Waals surface area contributed by atoms with Gasteiger partial charge in [0, 0.05) is 23.7 Å². The first kappa shape index (κ1) is 17.2. The predicted molar refractivity (Wildman–Crippen MR) is 93.0 cm³/mol. The lowest BCUT2D eigenvalue weighted by Crippen LogP contribution is -2.21. The maximum Gasteiger partial charge on any atom is 0.250 e. The first-order valence-electron chi connectivity index (χ1n) is 7.48. The molecular weight excluding hydrogens is 314 g/mol. The molecular formula is C17H20ClN3O2. The Morgan fingerprint density at radius 1 is 1.22 bits per heavy atom. The maximum absolute atomic E-state index is 12.0. The van der Waals surface area contributed by atoms with Gasteiger partial charge in [0.15, 0.2) is 0 Å². The van der Waals surface area contributed by atoms with Crippen molar-refractivity contribution < 1.29 is 4.79 Å². The largest absolute Gasteiger partial charge is 0.325 e. The van der Waals surface area contributed by atoms with Gasteiger partial charge in [0.25, 0.3) is 5.56 Å². The molecule has 23 heavy (non-hydrogen) atoms. The van der Waals surface area contributed by atoms with Crippen LogP contribution < -0.4 is 16.2 Å². The van der Waals surface area contributed by atoms with Gasteiger partial charge < -0.3 is 15.2 Å². The number of rotatable bonds is 7. The topological polar surface area (TPSA) is 63.1 Å². The average molecular weight is 334 g/mol. The van der Waals surface area contributed by atoms with Gasteiger partial charge in [0.1, 0.15) is 0 Å². The summed E-state index contributed by atoms with van der Waals surface area (Å²) in [6.07, 6.45) is 2.84. The second kappa shape index (κ2) is 8.50. The molecule has 0 spiro atoms. The van der Waals surface area contributed by atoms with Gasteiger partial charge in [-0.15, -0.1) is 0 Å². The van der Waals surface area contributed by atoms with Crippen LogP contribution in [0.2, 0.25) is 5.02 Å². The van der Waals surface area contributed by atoms with E-state index in [1.807, 2.05) is 25.2 Å². The maximum atomic E-state index is 12.0. The molecule has 0 saturated carbocycles. The number of pyridine rings is 1. The van der Waals surface area contributed by atoms with E-state index >= 15 is 0 Å². The fraction of sp³-hybridized carbons (Fsp3) is 0.294. The van der Waals surface area contributed by atoms with Crippen molar-refractivity contribution in [3.8, 4) is 0 Å². The van der Waals surface area contributed by atoms with Crippen molar-refractivity contribution in [3.05, 3.63) is 63.5 Å². The highest BCUT2D eigenvalue weighted by Gasteiger charge is 2.06. The molecule has 0 fully saturated rings. The van der Waals surface area contributed by atoms with Crippen molar-refractivity contribution >= 4 is 23.2 Å². The Morgan fingerprint density at radius 2 is 2.00 bits per heavy atom. The van der Waals surface area contributed by atoms with Crippen LogP contribution in [0.3, 0.4) is 0 Å². The van der Waals surface area contributed by atoms with Crippen LogP contribution in [0.4, 0.5) is 5.69 Å². The molecule has 0 aliphatic heterocycles. The van der Waals surface area contributed by atoms with Gasteiger partial charge in [-0.2, -0.15) is 0 Å². The first-order valence-corrected chi connectivity index (χ1v) is 7.86. The zero-order valence-corrected chi connectivity index (χ0v) is 13.8. The van der Waals surface area contributed by atoms with E-state index in [1.165, 1.54) is 10.6 Å². The molecule has 0 unspecified atom stereocenters. The van der Waals surface area contributed by atoms with Crippen molar-refractivity contribution in [1.29, 1.82) is 0 Å². The molecule has 0 saturated heterocycles. The van der Waals surface area contributed by atoms with Crippen LogP contribution in [0, 0.1) is 0 Å². The molecule has 0 bridgehead atoms. The predicted octanol–water partition coefficient (Wildman–Crippen LogP) is 2.49. The third kappa shape index (κ3) is 5.23. The first-order chi connectivity index (χ1) is 11.1. The minimum atomic E-state index is -0.141. The van der Waals surface area contributed by atoms with Crippen LogP contribution in [0.5, 0.6) is 0 Å². The van der Waals surface area contributed by atoms with Crippen LogP contribution in [0.1, 0.15) is 18.4 Å². The van der Waals surface area contributed by atoms with Crippen molar-refractivity contribution in [3.63, 3.8) is 0 Å². The second-order valence-corrected chi connectivity index (χ2v) is 5.64. The second-order valence-electron chi connectivity index (χ2n) is 5.23. The summed E-state index contributed by atoms with van der Waals surface area (Å²) in [4.78, 5) is 23.8. The van der Waals surface area contributed by atoms with Gasteiger partial charge in [-0.1, -0.05) is 29.8 Å². The lowest BCUT2D eigenvalue weighted by atomic mass is 10.2. The Balaban J connectivity index is 2.08. The molecule has 0 atom stereocenters. The molecule has 1 heterocycles. The van der Waals surface area contributed by atoms with Crippen molar-refractivity contribution in [2.45, 2.75) is 19.4 Å². The summed E-state index contributed by atoms with van der Waals surface area (Å²) < 4.78 is 1.53. The van der Waals surface area contributed by atoms with Crippen LogP contribution >= 0.6 is 11.6 Å². The fourth-order valence-corrected chi connectivity index (χ4v) is 2.38. The summed E-state index contributed by atoms with van der Waals surface area (Å²) in [5.74, 6) is -0.0665. The van der Waals surface area contributed by atoms with Crippen LogP contribution in [-0.4, -0.2) is 24.1 Å². The molecule has 0 radical (unpaired) electrons. The van der Waals surface area contributed by atoms with E-state index in [0.29, 0.717) is 23.7 Å². The lowest BCUT2D eigenvalue weighted by molar-refractivity contribution is -0.116. The smallest absolute Gasteiger partial charge is 0.250 e. The van der Waals surface area contributed by atoms with E-state index in [-0.39, 0.29) is 11.5 Å². The normalized spacial score (nSPS) is 10.5. The number of carbonyl (C=O) groups is 1. The summed E-state index contributed by atoms with van der Waals surface area (Å²) in [7, 11) is 1.85. The van der Waals surface area contributed by atoms with Crippen LogP contribution in [-0.2, 0) is 11.3 Å². The summed E-state index contributed by atoms with van der Waals surface area (Å²) in [6.45, 7) is 1.15. The lowest BCUT2D eigenvalue weighted by Gasteiger charge is -2.10. The van der Waals surface area contributed by atoms with Gasteiger partial charge in [0.05, 0.1) is 12.2 Å². The molecule has 0 aliphatic rings. The molecule has 6 heteroatoms. The third-order valence-electron chi connectivity index (χ3n) is 3.40. The Labute approximate surface area is 140 Å². The Morgan fingerprint density at radius 3 is 2.74 bits per heavy atom. The van der Waals surface area contributed by atoms with E-state index in [9.17, 15) is 9.59 Å². The highest BCUT2D eigenvalue weighted by Crippen LogP contribution is 2.16. The molecule has 0 aliphatic carbocycles. The Hall–Kier alpha value is -2.11. The molecule has 122 valence electrons. The number of nitrogens with one attached hydrogen (secondary N) is 2. The number of amides is 1. The molecule has 2 rings (SSSR count). The number of aromatic nitrogens is 1. The van der Waals surface area contributed by atoms with E-state index in [1.54, 1.807) is 18.3 Å². The Kier molecular flexibility index (Phi) is 6.38. The number of carbonyl (C=O) groups excluding carboxylic acids is 1. The number of nitrogens with zero attached hydrogens (tertiary/aromatic N) is 1. The number of benzene rings is 1. The molecule has 1 aromatic heterocycles. The highest BCUT2D eigenvalue weighted by atomic mass is 35.5. The van der Waals surface area contributed by atoms with Gasteiger partial charge in [-0.3, -0.25) is 9.59 Å². The summed E-state index contributed by atoms with van der Waals surface area (Å²) >= 11 is 6.13. The van der Waals surface area contributed by atoms with E-state index in [0.717, 1.165) is 18.5 Å². The number of anilines is 1. The fourth-order valence-electron chi connectivity index (χ4n) is 2.19. The van der Waals surface area contributed by atoms with Gasteiger partial charge >= 0.3 is 0 Å². The van der Waals surface area contributed by atoms with Crippen LogP contribution in [0.25, 0.3) is 0 Å². The Bertz CT molecular complexity index is 728. The van der Waals surface area contributed by atoms with E-state index in [2.05, 4.69) is 10.6 Å².